The van der Waals surface area contributed by atoms with E-state index in [-0.39, 0.29) is 12.0 Å². The van der Waals surface area contributed by atoms with Gasteiger partial charge in [0.1, 0.15) is 0 Å². The maximum atomic E-state index is 10.8. The molecule has 0 bridgehead atoms. The number of aliphatic carboxylic acids is 2. The van der Waals surface area contributed by atoms with Crippen molar-refractivity contribution < 1.29 is 19.8 Å². The molecule has 4 nitrogen and oxygen atoms in total. The summed E-state index contributed by atoms with van der Waals surface area (Å²) in [5, 5.41) is 17.5. The number of hydrogen-bond donors (Lipinski definition) is 2. The van der Waals surface area contributed by atoms with Gasteiger partial charge in [0, 0.05) is 5.57 Å². The van der Waals surface area contributed by atoms with E-state index in [0.29, 0.717) is 0 Å². The zero-order valence-electron chi connectivity index (χ0n) is 12.5. The number of allylic oxidation sites excluding steroid dienone is 3. The minimum absolute atomic E-state index is 0.0359. The summed E-state index contributed by atoms with van der Waals surface area (Å²) in [4.78, 5) is 21.3. The van der Waals surface area contributed by atoms with E-state index >= 15 is 0 Å². The van der Waals surface area contributed by atoms with Gasteiger partial charge in [-0.15, -0.1) is 6.58 Å². The maximum Gasteiger partial charge on any atom is 0.331 e. The van der Waals surface area contributed by atoms with Gasteiger partial charge in [0.05, 0.1) is 5.41 Å². The monoisotopic (exact) mass is 292 g/mol. The van der Waals surface area contributed by atoms with Crippen molar-refractivity contribution in [2.24, 2.45) is 11.3 Å². The van der Waals surface area contributed by atoms with Gasteiger partial charge >= 0.3 is 11.9 Å². The van der Waals surface area contributed by atoms with Crippen LogP contribution in [0.4, 0.5) is 0 Å². The number of rotatable bonds is 3. The Morgan fingerprint density at radius 2 is 1.90 bits per heavy atom. The van der Waals surface area contributed by atoms with Crippen LogP contribution in [0.2, 0.25) is 0 Å². The van der Waals surface area contributed by atoms with Crippen LogP contribution in [0, 0.1) is 11.3 Å². The third kappa shape index (κ3) is 5.21. The van der Waals surface area contributed by atoms with E-state index in [1.165, 1.54) is 57.3 Å². The molecule has 0 spiro atoms. The van der Waals surface area contributed by atoms with E-state index in [2.05, 4.69) is 12.7 Å². The number of carbonyl (C=O) groups is 2. The zero-order chi connectivity index (χ0) is 15.9. The van der Waals surface area contributed by atoms with Crippen LogP contribution in [0.15, 0.2) is 36.5 Å². The van der Waals surface area contributed by atoms with Gasteiger partial charge in [0.15, 0.2) is 0 Å². The lowest BCUT2D eigenvalue weighted by Gasteiger charge is -2.23. The summed E-state index contributed by atoms with van der Waals surface area (Å²) in [6, 6.07) is 0. The van der Waals surface area contributed by atoms with E-state index in [1.807, 2.05) is 0 Å². The number of hydrogen-bond acceptors (Lipinski definition) is 2. The van der Waals surface area contributed by atoms with Crippen molar-refractivity contribution in [3.05, 3.63) is 36.5 Å². The smallest absolute Gasteiger partial charge is 0.331 e. The molecule has 116 valence electrons. The molecule has 1 atom stereocenters. The molecule has 21 heavy (non-hydrogen) atoms. The molecule has 0 heterocycles. The second-order valence-corrected chi connectivity index (χ2v) is 5.89. The predicted molar refractivity (Wildman–Crippen MR) is 82.0 cm³/mol. The minimum Gasteiger partial charge on any atom is -0.481 e. The molecule has 0 amide bonds. The van der Waals surface area contributed by atoms with Gasteiger partial charge < -0.3 is 10.2 Å². The Kier molecular flexibility index (Phi) is 6.40. The van der Waals surface area contributed by atoms with Crippen LogP contribution in [-0.2, 0) is 9.59 Å². The van der Waals surface area contributed by atoms with Gasteiger partial charge in [0.25, 0.3) is 0 Å². The minimum atomic E-state index is -1.08. The molecule has 0 saturated heterocycles. The molecule has 0 aromatic carbocycles. The lowest BCUT2D eigenvalue weighted by Crippen LogP contribution is -2.28. The first kappa shape index (κ1) is 17.2. The maximum absolute atomic E-state index is 10.8. The van der Waals surface area contributed by atoms with Crippen LogP contribution in [0.3, 0.4) is 0 Å². The van der Waals surface area contributed by atoms with Gasteiger partial charge in [0.2, 0.25) is 0 Å². The SMILES string of the molecule is C=CC1CCCCC1.CC1(C(=O)O)C=CC=C(C(=O)O)C1. The molecule has 1 unspecified atom stereocenters. The van der Waals surface area contributed by atoms with Crippen molar-refractivity contribution in [3.63, 3.8) is 0 Å². The van der Waals surface area contributed by atoms with Crippen LogP contribution in [-0.4, -0.2) is 22.2 Å². The molecule has 0 aliphatic heterocycles. The quantitative estimate of drug-likeness (QED) is 0.776. The molecule has 2 aliphatic carbocycles. The molecule has 2 aliphatic rings. The molecule has 4 heteroatoms. The fourth-order valence-corrected chi connectivity index (χ4v) is 2.55. The summed E-state index contributed by atoms with van der Waals surface area (Å²) in [5.74, 6) is -1.21. The van der Waals surface area contributed by atoms with Gasteiger partial charge in [-0.05, 0) is 32.1 Å². The van der Waals surface area contributed by atoms with Crippen LogP contribution >= 0.6 is 0 Å². The lowest BCUT2D eigenvalue weighted by atomic mass is 9.80. The molecule has 1 fully saturated rings. The lowest BCUT2D eigenvalue weighted by molar-refractivity contribution is -0.145. The molecule has 1 saturated carbocycles. The Morgan fingerprint density at radius 1 is 1.29 bits per heavy atom. The normalized spacial score (nSPS) is 25.3. The van der Waals surface area contributed by atoms with E-state index in [9.17, 15) is 9.59 Å². The van der Waals surface area contributed by atoms with Crippen molar-refractivity contribution in [3.8, 4) is 0 Å². The van der Waals surface area contributed by atoms with E-state index in [4.69, 9.17) is 10.2 Å². The standard InChI is InChI=1S/C9H10O4.C8H14/c1-9(8(12)13)4-2-3-6(5-9)7(10)11;1-2-8-6-4-3-5-7-8/h2-4H,5H2,1H3,(H,10,11)(H,12,13);2,8H,1,3-7H2. The number of carboxylic acid groups (broad SMARTS) is 2. The van der Waals surface area contributed by atoms with Crippen LogP contribution < -0.4 is 0 Å². The molecular weight excluding hydrogens is 268 g/mol. The van der Waals surface area contributed by atoms with Crippen LogP contribution in [0.1, 0.15) is 45.4 Å². The predicted octanol–water partition coefficient (Wildman–Crippen LogP) is 3.80. The molecule has 0 aromatic rings. The summed E-state index contributed by atoms with van der Waals surface area (Å²) >= 11 is 0. The van der Waals surface area contributed by atoms with Gasteiger partial charge in [-0.25, -0.2) is 4.79 Å². The van der Waals surface area contributed by atoms with Crippen molar-refractivity contribution in [2.75, 3.05) is 0 Å². The molecule has 0 aromatic heterocycles. The van der Waals surface area contributed by atoms with Crippen molar-refractivity contribution in [1.82, 2.24) is 0 Å². The van der Waals surface area contributed by atoms with Crippen LogP contribution in [0.5, 0.6) is 0 Å². The highest BCUT2D eigenvalue weighted by atomic mass is 16.4. The topological polar surface area (TPSA) is 74.6 Å². The summed E-state index contributed by atoms with van der Waals surface area (Å²) in [5.41, 5.74) is -0.949. The average molecular weight is 292 g/mol. The first-order valence-electron chi connectivity index (χ1n) is 7.36. The van der Waals surface area contributed by atoms with Crippen molar-refractivity contribution >= 4 is 11.9 Å². The largest absolute Gasteiger partial charge is 0.481 e. The zero-order valence-corrected chi connectivity index (χ0v) is 12.5. The summed E-state index contributed by atoms with van der Waals surface area (Å²) in [6.45, 7) is 5.29. The Morgan fingerprint density at radius 3 is 2.33 bits per heavy atom. The van der Waals surface area contributed by atoms with Crippen molar-refractivity contribution in [1.29, 1.82) is 0 Å². The second kappa shape index (κ2) is 7.81. The average Bonchev–Trinajstić information content (AvgIpc) is 2.48. The van der Waals surface area contributed by atoms with E-state index < -0.39 is 17.4 Å². The van der Waals surface area contributed by atoms with E-state index in [0.717, 1.165) is 5.92 Å². The highest BCUT2D eigenvalue weighted by Crippen LogP contribution is 2.31. The fourth-order valence-electron chi connectivity index (χ4n) is 2.55. The fraction of sp³-hybridized carbons (Fsp3) is 0.529. The Balaban J connectivity index is 0.000000235. The van der Waals surface area contributed by atoms with Gasteiger partial charge in [-0.2, -0.15) is 0 Å². The van der Waals surface area contributed by atoms with Gasteiger partial charge in [-0.3, -0.25) is 4.79 Å². The van der Waals surface area contributed by atoms with E-state index in [1.54, 1.807) is 0 Å². The highest BCUT2D eigenvalue weighted by Gasteiger charge is 2.34. The van der Waals surface area contributed by atoms with Crippen LogP contribution in [0.25, 0.3) is 0 Å². The third-order valence-corrected chi connectivity index (χ3v) is 4.07. The summed E-state index contributed by atoms with van der Waals surface area (Å²) in [7, 11) is 0. The molecule has 2 N–H and O–H groups in total. The Hall–Kier alpha value is -1.84. The Labute approximate surface area is 125 Å². The van der Waals surface area contributed by atoms with Gasteiger partial charge in [-0.1, -0.05) is 43.6 Å². The second-order valence-electron chi connectivity index (χ2n) is 5.89. The highest BCUT2D eigenvalue weighted by molar-refractivity contribution is 5.90. The third-order valence-electron chi connectivity index (χ3n) is 4.07. The first-order chi connectivity index (χ1) is 9.89. The summed E-state index contributed by atoms with van der Waals surface area (Å²) < 4.78 is 0. The summed E-state index contributed by atoms with van der Waals surface area (Å²) in [6.07, 6.45) is 13.6. The molecular formula is C17H24O4. The first-order valence-corrected chi connectivity index (χ1v) is 7.36. The van der Waals surface area contributed by atoms with Crippen molar-refractivity contribution in [2.45, 2.75) is 45.4 Å². The molecule has 0 radical (unpaired) electrons. The Bertz CT molecular complexity index is 455. The number of carboxylic acids is 2. The molecule has 2 rings (SSSR count).